The highest BCUT2D eigenvalue weighted by Gasteiger charge is 2.17. The number of rotatable bonds is 3. The van der Waals surface area contributed by atoms with Crippen LogP contribution in [0.15, 0.2) is 12.4 Å². The minimum Gasteiger partial charge on any atom is -0.378 e. The molecular formula is C12H22N4. The van der Waals surface area contributed by atoms with Crippen molar-refractivity contribution >= 4 is 5.69 Å². The number of hydrogen-bond acceptors (Lipinski definition) is 3. The molecule has 0 saturated carbocycles. The van der Waals surface area contributed by atoms with Gasteiger partial charge in [0.1, 0.15) is 0 Å². The molecule has 0 aromatic carbocycles. The van der Waals surface area contributed by atoms with Crippen molar-refractivity contribution in [2.24, 2.45) is 0 Å². The van der Waals surface area contributed by atoms with E-state index in [1.807, 2.05) is 10.9 Å². The molecule has 1 N–H and O–H groups in total. The van der Waals surface area contributed by atoms with Gasteiger partial charge < -0.3 is 10.2 Å². The van der Waals surface area contributed by atoms with E-state index in [0.717, 1.165) is 12.2 Å². The molecule has 1 aromatic heterocycles. The molecule has 90 valence electrons. The van der Waals surface area contributed by atoms with Crippen LogP contribution in [-0.4, -0.2) is 40.9 Å². The Morgan fingerprint density at radius 1 is 1.50 bits per heavy atom. The molecule has 1 unspecified atom stereocenters. The number of anilines is 1. The highest BCUT2D eigenvalue weighted by atomic mass is 15.3. The van der Waals surface area contributed by atoms with Gasteiger partial charge in [0, 0.05) is 24.8 Å². The molecule has 2 rings (SSSR count). The molecule has 16 heavy (non-hydrogen) atoms. The summed E-state index contributed by atoms with van der Waals surface area (Å²) >= 11 is 0. The zero-order valence-corrected chi connectivity index (χ0v) is 10.5. The second-order valence-corrected chi connectivity index (χ2v) is 5.05. The van der Waals surface area contributed by atoms with E-state index in [1.54, 1.807) is 0 Å². The fourth-order valence-corrected chi connectivity index (χ4v) is 2.21. The SMILES string of the molecule is CC(C)n1cc(NC2CCCN(C)C2)cn1. The van der Waals surface area contributed by atoms with Gasteiger partial charge in [-0.15, -0.1) is 0 Å². The first-order chi connectivity index (χ1) is 7.65. The van der Waals surface area contributed by atoms with Crippen LogP contribution in [0.1, 0.15) is 32.7 Å². The maximum Gasteiger partial charge on any atom is 0.0729 e. The van der Waals surface area contributed by atoms with Gasteiger partial charge in [0.15, 0.2) is 0 Å². The summed E-state index contributed by atoms with van der Waals surface area (Å²) in [7, 11) is 2.19. The minimum absolute atomic E-state index is 0.435. The van der Waals surface area contributed by atoms with E-state index in [4.69, 9.17) is 0 Å². The summed E-state index contributed by atoms with van der Waals surface area (Å²) in [6.45, 7) is 6.65. The van der Waals surface area contributed by atoms with E-state index in [2.05, 4.69) is 42.4 Å². The molecule has 1 aromatic rings. The molecular weight excluding hydrogens is 200 g/mol. The molecule has 0 radical (unpaired) electrons. The summed E-state index contributed by atoms with van der Waals surface area (Å²) in [5.74, 6) is 0. The Morgan fingerprint density at radius 2 is 2.31 bits per heavy atom. The predicted molar refractivity (Wildman–Crippen MR) is 66.8 cm³/mol. The quantitative estimate of drug-likeness (QED) is 0.849. The van der Waals surface area contributed by atoms with Crippen molar-refractivity contribution in [2.45, 2.75) is 38.8 Å². The van der Waals surface area contributed by atoms with Crippen LogP contribution < -0.4 is 5.32 Å². The summed E-state index contributed by atoms with van der Waals surface area (Å²) in [6.07, 6.45) is 6.57. The second kappa shape index (κ2) is 4.87. The van der Waals surface area contributed by atoms with Crippen LogP contribution in [0.5, 0.6) is 0 Å². The number of hydrogen-bond donors (Lipinski definition) is 1. The monoisotopic (exact) mass is 222 g/mol. The van der Waals surface area contributed by atoms with Crippen molar-refractivity contribution in [1.82, 2.24) is 14.7 Å². The van der Waals surface area contributed by atoms with Gasteiger partial charge in [0.25, 0.3) is 0 Å². The number of nitrogens with one attached hydrogen (secondary N) is 1. The van der Waals surface area contributed by atoms with Gasteiger partial charge in [-0.05, 0) is 40.3 Å². The lowest BCUT2D eigenvalue weighted by Crippen LogP contribution is -2.39. The third-order valence-corrected chi connectivity index (χ3v) is 3.13. The first-order valence-corrected chi connectivity index (χ1v) is 6.14. The van der Waals surface area contributed by atoms with E-state index in [9.17, 15) is 0 Å². The highest BCUT2D eigenvalue weighted by molar-refractivity contribution is 5.39. The van der Waals surface area contributed by atoms with Gasteiger partial charge in [0.2, 0.25) is 0 Å². The maximum atomic E-state index is 4.34. The Kier molecular flexibility index (Phi) is 3.49. The minimum atomic E-state index is 0.435. The van der Waals surface area contributed by atoms with Crippen LogP contribution in [0.4, 0.5) is 5.69 Å². The van der Waals surface area contributed by atoms with Crippen LogP contribution in [-0.2, 0) is 0 Å². The number of nitrogens with zero attached hydrogens (tertiary/aromatic N) is 3. The lowest BCUT2D eigenvalue weighted by molar-refractivity contribution is 0.261. The molecule has 0 bridgehead atoms. The second-order valence-electron chi connectivity index (χ2n) is 5.05. The summed E-state index contributed by atoms with van der Waals surface area (Å²) in [5, 5.41) is 7.90. The third-order valence-electron chi connectivity index (χ3n) is 3.13. The summed E-state index contributed by atoms with van der Waals surface area (Å²) in [6, 6.07) is 1.01. The van der Waals surface area contributed by atoms with E-state index < -0.39 is 0 Å². The molecule has 1 atom stereocenters. The largest absolute Gasteiger partial charge is 0.378 e. The topological polar surface area (TPSA) is 33.1 Å². The van der Waals surface area contributed by atoms with Crippen molar-refractivity contribution in [3.63, 3.8) is 0 Å². The van der Waals surface area contributed by atoms with E-state index in [1.165, 1.54) is 19.4 Å². The molecule has 4 nitrogen and oxygen atoms in total. The number of aromatic nitrogens is 2. The van der Waals surface area contributed by atoms with Crippen molar-refractivity contribution in [1.29, 1.82) is 0 Å². The van der Waals surface area contributed by atoms with Gasteiger partial charge in [-0.25, -0.2) is 0 Å². The van der Waals surface area contributed by atoms with Crippen LogP contribution in [0.25, 0.3) is 0 Å². The van der Waals surface area contributed by atoms with Crippen molar-refractivity contribution in [2.75, 3.05) is 25.5 Å². The average Bonchev–Trinajstić information content (AvgIpc) is 2.66. The molecule has 1 fully saturated rings. The molecule has 0 spiro atoms. The van der Waals surface area contributed by atoms with Gasteiger partial charge >= 0.3 is 0 Å². The Bertz CT molecular complexity index is 332. The summed E-state index contributed by atoms with van der Waals surface area (Å²) in [4.78, 5) is 2.38. The average molecular weight is 222 g/mol. The van der Waals surface area contributed by atoms with E-state index in [0.29, 0.717) is 12.1 Å². The van der Waals surface area contributed by atoms with Crippen LogP contribution in [0.2, 0.25) is 0 Å². The van der Waals surface area contributed by atoms with E-state index in [-0.39, 0.29) is 0 Å². The number of likely N-dealkylation sites (tertiary alicyclic amines) is 1. The van der Waals surface area contributed by atoms with E-state index >= 15 is 0 Å². The van der Waals surface area contributed by atoms with Crippen LogP contribution in [0, 0.1) is 0 Å². The summed E-state index contributed by atoms with van der Waals surface area (Å²) < 4.78 is 1.99. The van der Waals surface area contributed by atoms with Crippen molar-refractivity contribution < 1.29 is 0 Å². The maximum absolute atomic E-state index is 4.34. The first-order valence-electron chi connectivity index (χ1n) is 6.14. The van der Waals surface area contributed by atoms with Crippen LogP contribution in [0.3, 0.4) is 0 Å². The normalized spacial score (nSPS) is 22.6. The first kappa shape index (κ1) is 11.5. The fourth-order valence-electron chi connectivity index (χ4n) is 2.21. The number of piperidine rings is 1. The Hall–Kier alpha value is -1.03. The standard InChI is InChI=1S/C12H22N4/c1-10(2)16-9-12(7-13-16)14-11-5-4-6-15(3)8-11/h7,9-11,14H,4-6,8H2,1-3H3. The smallest absolute Gasteiger partial charge is 0.0729 e. The molecule has 1 saturated heterocycles. The molecule has 0 aliphatic carbocycles. The predicted octanol–water partition coefficient (Wildman–Crippen LogP) is 1.97. The molecule has 1 aliphatic heterocycles. The van der Waals surface area contributed by atoms with Gasteiger partial charge in [0.05, 0.1) is 11.9 Å². The Labute approximate surface area is 97.6 Å². The summed E-state index contributed by atoms with van der Waals surface area (Å²) in [5.41, 5.74) is 1.15. The zero-order chi connectivity index (χ0) is 11.5. The zero-order valence-electron chi connectivity index (χ0n) is 10.5. The fraction of sp³-hybridized carbons (Fsp3) is 0.750. The molecule has 4 heteroatoms. The third kappa shape index (κ3) is 2.76. The molecule has 1 aliphatic rings. The lowest BCUT2D eigenvalue weighted by atomic mass is 10.1. The lowest BCUT2D eigenvalue weighted by Gasteiger charge is -2.30. The number of likely N-dealkylation sites (N-methyl/N-ethyl adjacent to an activating group) is 1. The van der Waals surface area contributed by atoms with Crippen LogP contribution >= 0.6 is 0 Å². The highest BCUT2D eigenvalue weighted by Crippen LogP contribution is 2.15. The Morgan fingerprint density at radius 3 is 2.94 bits per heavy atom. The molecule has 0 amide bonds. The van der Waals surface area contributed by atoms with Gasteiger partial charge in [-0.3, -0.25) is 4.68 Å². The van der Waals surface area contributed by atoms with Crippen molar-refractivity contribution in [3.05, 3.63) is 12.4 Å². The van der Waals surface area contributed by atoms with Gasteiger partial charge in [-0.1, -0.05) is 0 Å². The van der Waals surface area contributed by atoms with Crippen molar-refractivity contribution in [3.8, 4) is 0 Å². The Balaban J connectivity index is 1.92. The molecule has 2 heterocycles. The van der Waals surface area contributed by atoms with Gasteiger partial charge in [-0.2, -0.15) is 5.10 Å².